The zero-order chi connectivity index (χ0) is 15.2. The number of nitrogens with two attached hydrogens (primary N) is 1. The van der Waals surface area contributed by atoms with Crippen LogP contribution in [0.15, 0.2) is 42.5 Å². The number of halogens is 1. The molecule has 0 aliphatic rings. The Balaban J connectivity index is 2.02. The third-order valence-corrected chi connectivity index (χ3v) is 3.52. The first kappa shape index (κ1) is 15.3. The molecule has 0 bridgehead atoms. The van der Waals surface area contributed by atoms with Crippen molar-refractivity contribution in [2.45, 2.75) is 18.9 Å². The second-order valence-corrected chi connectivity index (χ2v) is 4.86. The van der Waals surface area contributed by atoms with Gasteiger partial charge in [0.2, 0.25) is 0 Å². The molecule has 1 atom stereocenters. The molecular formula is C17H20FNO2. The number of rotatable bonds is 6. The minimum absolute atomic E-state index is 0.229. The lowest BCUT2D eigenvalue weighted by Gasteiger charge is -2.14. The van der Waals surface area contributed by atoms with Crippen LogP contribution in [0.3, 0.4) is 0 Å². The van der Waals surface area contributed by atoms with Crippen LogP contribution < -0.4 is 15.2 Å². The molecule has 1 unspecified atom stereocenters. The van der Waals surface area contributed by atoms with Gasteiger partial charge in [-0.25, -0.2) is 4.39 Å². The van der Waals surface area contributed by atoms with Gasteiger partial charge in [-0.1, -0.05) is 24.3 Å². The third-order valence-electron chi connectivity index (χ3n) is 3.52. The molecule has 0 aliphatic carbocycles. The standard InChI is InChI=1S/C17H20FNO2/c1-20-13-9-6-12(7-10-13)8-11-15(19)14-4-3-5-16(21-2)17(14)18/h3-7,9-10,15H,8,11,19H2,1-2H3. The second-order valence-electron chi connectivity index (χ2n) is 4.86. The van der Waals surface area contributed by atoms with Crippen molar-refractivity contribution >= 4 is 0 Å². The van der Waals surface area contributed by atoms with Crippen LogP contribution in [0.4, 0.5) is 4.39 Å². The minimum Gasteiger partial charge on any atom is -0.497 e. The van der Waals surface area contributed by atoms with Crippen LogP contribution in [0, 0.1) is 5.82 Å². The van der Waals surface area contributed by atoms with E-state index in [-0.39, 0.29) is 17.6 Å². The Bertz CT molecular complexity index is 584. The van der Waals surface area contributed by atoms with Gasteiger partial charge in [0.15, 0.2) is 11.6 Å². The van der Waals surface area contributed by atoms with E-state index in [1.807, 2.05) is 24.3 Å². The topological polar surface area (TPSA) is 44.5 Å². The fourth-order valence-electron chi connectivity index (χ4n) is 2.24. The highest BCUT2D eigenvalue weighted by Crippen LogP contribution is 2.26. The molecule has 0 fully saturated rings. The smallest absolute Gasteiger partial charge is 0.169 e. The third kappa shape index (κ3) is 3.73. The van der Waals surface area contributed by atoms with Gasteiger partial charge in [0.25, 0.3) is 0 Å². The van der Waals surface area contributed by atoms with Crippen LogP contribution in [0.25, 0.3) is 0 Å². The summed E-state index contributed by atoms with van der Waals surface area (Å²) in [7, 11) is 3.08. The van der Waals surface area contributed by atoms with Gasteiger partial charge >= 0.3 is 0 Å². The van der Waals surface area contributed by atoms with Crippen LogP contribution in [0.5, 0.6) is 11.5 Å². The predicted octanol–water partition coefficient (Wildman–Crippen LogP) is 3.48. The minimum atomic E-state index is -0.373. The van der Waals surface area contributed by atoms with E-state index in [1.54, 1.807) is 25.3 Å². The molecule has 112 valence electrons. The zero-order valence-corrected chi connectivity index (χ0v) is 12.3. The molecule has 0 aromatic heterocycles. The van der Waals surface area contributed by atoms with Crippen LogP contribution in [0.2, 0.25) is 0 Å². The lowest BCUT2D eigenvalue weighted by Crippen LogP contribution is -2.13. The summed E-state index contributed by atoms with van der Waals surface area (Å²) >= 11 is 0. The molecule has 2 rings (SSSR count). The number of hydrogen-bond acceptors (Lipinski definition) is 3. The molecule has 0 saturated heterocycles. The van der Waals surface area contributed by atoms with Crippen molar-refractivity contribution in [3.8, 4) is 11.5 Å². The SMILES string of the molecule is COc1ccc(CCC(N)c2cccc(OC)c2F)cc1. The van der Waals surface area contributed by atoms with Gasteiger partial charge in [-0.2, -0.15) is 0 Å². The fraction of sp³-hybridized carbons (Fsp3) is 0.294. The van der Waals surface area contributed by atoms with E-state index in [0.29, 0.717) is 12.0 Å². The molecule has 21 heavy (non-hydrogen) atoms. The second kappa shape index (κ2) is 7.09. The lowest BCUT2D eigenvalue weighted by atomic mass is 9.99. The van der Waals surface area contributed by atoms with Crippen molar-refractivity contribution < 1.29 is 13.9 Å². The molecule has 0 aliphatic heterocycles. The Morgan fingerprint density at radius 2 is 1.76 bits per heavy atom. The van der Waals surface area contributed by atoms with Crippen LogP contribution in [0.1, 0.15) is 23.6 Å². The highest BCUT2D eigenvalue weighted by atomic mass is 19.1. The summed E-state index contributed by atoms with van der Waals surface area (Å²) in [6.07, 6.45) is 1.44. The highest BCUT2D eigenvalue weighted by molar-refractivity contribution is 5.33. The van der Waals surface area contributed by atoms with Crippen molar-refractivity contribution in [1.82, 2.24) is 0 Å². The van der Waals surface area contributed by atoms with Crippen molar-refractivity contribution in [2.24, 2.45) is 5.73 Å². The van der Waals surface area contributed by atoms with Crippen molar-refractivity contribution in [2.75, 3.05) is 14.2 Å². The van der Waals surface area contributed by atoms with E-state index < -0.39 is 0 Å². The number of aryl methyl sites for hydroxylation is 1. The maximum atomic E-state index is 14.1. The zero-order valence-electron chi connectivity index (χ0n) is 12.3. The summed E-state index contributed by atoms with van der Waals surface area (Å²) in [4.78, 5) is 0. The molecule has 0 spiro atoms. The molecule has 3 nitrogen and oxygen atoms in total. The van der Waals surface area contributed by atoms with E-state index in [1.165, 1.54) is 7.11 Å². The van der Waals surface area contributed by atoms with Crippen LogP contribution >= 0.6 is 0 Å². The van der Waals surface area contributed by atoms with Gasteiger partial charge in [-0.15, -0.1) is 0 Å². The Kier molecular flexibility index (Phi) is 5.17. The predicted molar refractivity (Wildman–Crippen MR) is 81.2 cm³/mol. The first-order valence-electron chi connectivity index (χ1n) is 6.86. The molecule has 0 heterocycles. The lowest BCUT2D eigenvalue weighted by molar-refractivity contribution is 0.381. The van der Waals surface area contributed by atoms with E-state index >= 15 is 0 Å². The van der Waals surface area contributed by atoms with Gasteiger partial charge in [0, 0.05) is 11.6 Å². The molecular weight excluding hydrogens is 269 g/mol. The quantitative estimate of drug-likeness (QED) is 0.885. The summed E-state index contributed by atoms with van der Waals surface area (Å²) < 4.78 is 24.2. The van der Waals surface area contributed by atoms with E-state index in [0.717, 1.165) is 17.7 Å². The normalized spacial score (nSPS) is 12.0. The number of benzene rings is 2. The highest BCUT2D eigenvalue weighted by Gasteiger charge is 2.14. The Hall–Kier alpha value is -2.07. The maximum Gasteiger partial charge on any atom is 0.169 e. The van der Waals surface area contributed by atoms with E-state index in [9.17, 15) is 4.39 Å². The van der Waals surface area contributed by atoms with E-state index in [4.69, 9.17) is 15.2 Å². The number of hydrogen-bond donors (Lipinski definition) is 1. The molecule has 2 N–H and O–H groups in total. The molecule has 2 aromatic rings. The monoisotopic (exact) mass is 289 g/mol. The van der Waals surface area contributed by atoms with Crippen molar-refractivity contribution in [3.63, 3.8) is 0 Å². The summed E-state index contributed by atoms with van der Waals surface area (Å²) in [6, 6.07) is 12.5. The Morgan fingerprint density at radius 1 is 1.05 bits per heavy atom. The summed E-state index contributed by atoms with van der Waals surface area (Å²) in [6.45, 7) is 0. The van der Waals surface area contributed by atoms with Crippen molar-refractivity contribution in [3.05, 3.63) is 59.4 Å². The van der Waals surface area contributed by atoms with Crippen LogP contribution in [-0.2, 0) is 6.42 Å². The maximum absolute atomic E-state index is 14.1. The Labute approximate surface area is 124 Å². The summed E-state index contributed by atoms with van der Waals surface area (Å²) in [5.74, 6) is 0.677. The summed E-state index contributed by atoms with van der Waals surface area (Å²) in [5.41, 5.74) is 7.74. The first-order chi connectivity index (χ1) is 10.2. The largest absolute Gasteiger partial charge is 0.497 e. The fourth-order valence-corrected chi connectivity index (χ4v) is 2.24. The van der Waals surface area contributed by atoms with Crippen LogP contribution in [-0.4, -0.2) is 14.2 Å². The first-order valence-corrected chi connectivity index (χ1v) is 6.86. The van der Waals surface area contributed by atoms with Crippen molar-refractivity contribution in [1.29, 1.82) is 0 Å². The molecule has 2 aromatic carbocycles. The number of ether oxygens (including phenoxy) is 2. The average molecular weight is 289 g/mol. The number of methoxy groups -OCH3 is 2. The molecule has 0 amide bonds. The molecule has 0 radical (unpaired) electrons. The van der Waals surface area contributed by atoms with E-state index in [2.05, 4.69) is 0 Å². The van der Waals surface area contributed by atoms with Gasteiger partial charge in [0.05, 0.1) is 14.2 Å². The van der Waals surface area contributed by atoms with Gasteiger partial charge < -0.3 is 15.2 Å². The Morgan fingerprint density at radius 3 is 2.38 bits per heavy atom. The molecule has 0 saturated carbocycles. The van der Waals surface area contributed by atoms with Gasteiger partial charge in [0.1, 0.15) is 5.75 Å². The molecule has 4 heteroatoms. The van der Waals surface area contributed by atoms with Gasteiger partial charge in [-0.3, -0.25) is 0 Å². The summed E-state index contributed by atoms with van der Waals surface area (Å²) in [5, 5.41) is 0. The average Bonchev–Trinajstić information content (AvgIpc) is 2.53. The van der Waals surface area contributed by atoms with Gasteiger partial charge in [-0.05, 0) is 36.6 Å².